The second kappa shape index (κ2) is 6.06. The average molecular weight is 308 g/mol. The fourth-order valence-corrected chi connectivity index (χ4v) is 3.63. The minimum atomic E-state index is -0.321. The van der Waals surface area contributed by atoms with Crippen molar-refractivity contribution in [3.05, 3.63) is 35.9 Å². The molecule has 4 nitrogen and oxygen atoms in total. The molecule has 112 valence electrons. The fraction of sp³-hybridized carbons (Fsp3) is 0.500. The number of likely N-dealkylation sites (tertiary alicyclic amines) is 1. The van der Waals surface area contributed by atoms with E-state index in [1.807, 2.05) is 30.3 Å². The van der Waals surface area contributed by atoms with Gasteiger partial charge in [-0.15, -0.1) is 11.6 Å². The molecule has 0 radical (unpaired) electrons. The van der Waals surface area contributed by atoms with Gasteiger partial charge in [0.05, 0.1) is 6.04 Å². The van der Waals surface area contributed by atoms with Crippen LogP contribution in [0.2, 0.25) is 0 Å². The van der Waals surface area contributed by atoms with E-state index in [4.69, 9.17) is 16.3 Å². The van der Waals surface area contributed by atoms with Crippen LogP contribution >= 0.6 is 11.6 Å². The van der Waals surface area contributed by atoms with Gasteiger partial charge in [0, 0.05) is 24.3 Å². The minimum absolute atomic E-state index is 0.000441. The molecule has 0 aromatic heterocycles. The number of fused-ring (bicyclic) bond motifs is 1. The number of hydrogen-bond acceptors (Lipinski definition) is 3. The average Bonchev–Trinajstić information content (AvgIpc) is 2.91. The van der Waals surface area contributed by atoms with Gasteiger partial charge < -0.3 is 9.64 Å². The largest absolute Gasteiger partial charge is 0.445 e. The molecule has 1 amide bonds. The summed E-state index contributed by atoms with van der Waals surface area (Å²) in [7, 11) is 0. The SMILES string of the molecule is O=C1C(CCCl)[C@@H]2[C@H]1CCN2C(=O)OCc1ccccc1. The fourth-order valence-electron chi connectivity index (χ4n) is 3.39. The van der Waals surface area contributed by atoms with Crippen molar-refractivity contribution in [2.24, 2.45) is 11.8 Å². The lowest BCUT2D eigenvalue weighted by atomic mass is 9.68. The first-order chi connectivity index (χ1) is 10.2. The Balaban J connectivity index is 1.59. The van der Waals surface area contributed by atoms with Gasteiger partial charge in [-0.05, 0) is 18.4 Å². The van der Waals surface area contributed by atoms with Crippen molar-refractivity contribution >= 4 is 23.5 Å². The number of rotatable bonds is 4. The van der Waals surface area contributed by atoms with E-state index in [9.17, 15) is 9.59 Å². The molecule has 3 rings (SSSR count). The first-order valence-electron chi connectivity index (χ1n) is 7.29. The molecule has 3 atom stereocenters. The topological polar surface area (TPSA) is 46.6 Å². The highest BCUT2D eigenvalue weighted by atomic mass is 35.5. The number of Topliss-reactive ketones (excluding diaryl/α,β-unsaturated/α-hetero) is 1. The molecule has 1 heterocycles. The highest BCUT2D eigenvalue weighted by Crippen LogP contribution is 2.44. The van der Waals surface area contributed by atoms with Gasteiger partial charge in [0.2, 0.25) is 0 Å². The van der Waals surface area contributed by atoms with Crippen molar-refractivity contribution < 1.29 is 14.3 Å². The van der Waals surface area contributed by atoms with Crippen molar-refractivity contribution in [3.8, 4) is 0 Å². The summed E-state index contributed by atoms with van der Waals surface area (Å²) in [6, 6.07) is 9.59. The summed E-state index contributed by atoms with van der Waals surface area (Å²) in [4.78, 5) is 25.9. The van der Waals surface area contributed by atoms with Crippen LogP contribution in [0.4, 0.5) is 4.79 Å². The molecule has 1 aromatic carbocycles. The zero-order valence-corrected chi connectivity index (χ0v) is 12.5. The first kappa shape index (κ1) is 14.4. The number of amides is 1. The lowest BCUT2D eigenvalue weighted by Gasteiger charge is -2.41. The molecule has 1 aliphatic heterocycles. The Bertz CT molecular complexity index is 534. The first-order valence-corrected chi connectivity index (χ1v) is 7.83. The molecular weight excluding hydrogens is 290 g/mol. The molecular formula is C16H18ClNO3. The molecule has 0 N–H and O–H groups in total. The standard InChI is InChI=1S/C16H18ClNO3/c17-8-6-12-14-13(15(12)19)7-9-18(14)16(20)21-10-11-4-2-1-3-5-11/h1-5,12-14H,6-10H2/t12?,13-,14-/m1/s1. The summed E-state index contributed by atoms with van der Waals surface area (Å²) in [6.45, 7) is 0.870. The Morgan fingerprint density at radius 2 is 2.10 bits per heavy atom. The van der Waals surface area contributed by atoms with E-state index in [-0.39, 0.29) is 36.4 Å². The van der Waals surface area contributed by atoms with Crippen LogP contribution in [0.15, 0.2) is 30.3 Å². The van der Waals surface area contributed by atoms with Gasteiger partial charge in [-0.3, -0.25) is 4.79 Å². The van der Waals surface area contributed by atoms with E-state index in [1.54, 1.807) is 4.90 Å². The molecule has 1 saturated carbocycles. The van der Waals surface area contributed by atoms with Gasteiger partial charge in [-0.1, -0.05) is 30.3 Å². The number of halogens is 1. The van der Waals surface area contributed by atoms with Crippen LogP contribution in [0.25, 0.3) is 0 Å². The third-order valence-corrected chi connectivity index (χ3v) is 4.67. The lowest BCUT2D eigenvalue weighted by molar-refractivity contribution is -0.139. The van der Waals surface area contributed by atoms with Crippen molar-refractivity contribution in [1.82, 2.24) is 4.90 Å². The number of nitrogens with zero attached hydrogens (tertiary/aromatic N) is 1. The number of carbonyl (C=O) groups is 2. The Hall–Kier alpha value is -1.55. The smallest absolute Gasteiger partial charge is 0.410 e. The van der Waals surface area contributed by atoms with Gasteiger partial charge in [0.1, 0.15) is 12.4 Å². The van der Waals surface area contributed by atoms with E-state index in [1.165, 1.54) is 0 Å². The van der Waals surface area contributed by atoms with Gasteiger partial charge in [0.15, 0.2) is 0 Å². The monoisotopic (exact) mass is 307 g/mol. The Labute approximate surface area is 129 Å². The minimum Gasteiger partial charge on any atom is -0.445 e. The number of benzene rings is 1. The van der Waals surface area contributed by atoms with E-state index in [2.05, 4.69) is 0 Å². The summed E-state index contributed by atoms with van der Waals surface area (Å²) in [5, 5.41) is 0. The zero-order chi connectivity index (χ0) is 14.8. The molecule has 1 saturated heterocycles. The van der Waals surface area contributed by atoms with E-state index in [0.29, 0.717) is 18.8 Å². The van der Waals surface area contributed by atoms with Crippen molar-refractivity contribution in [2.45, 2.75) is 25.5 Å². The number of alkyl halides is 1. The normalized spacial score (nSPS) is 27.2. The summed E-state index contributed by atoms with van der Waals surface area (Å²) in [6.07, 6.45) is 1.07. The predicted molar refractivity (Wildman–Crippen MR) is 79.1 cm³/mol. The number of ether oxygens (including phenoxy) is 1. The van der Waals surface area contributed by atoms with Crippen molar-refractivity contribution in [2.75, 3.05) is 12.4 Å². The third-order valence-electron chi connectivity index (χ3n) is 4.46. The maximum absolute atomic E-state index is 12.2. The number of hydrogen-bond donors (Lipinski definition) is 0. The summed E-state index contributed by atoms with van der Waals surface area (Å²) in [5.74, 6) is 0.618. The van der Waals surface area contributed by atoms with Gasteiger partial charge in [0.25, 0.3) is 0 Å². The van der Waals surface area contributed by atoms with Crippen LogP contribution in [0.1, 0.15) is 18.4 Å². The number of carbonyl (C=O) groups excluding carboxylic acids is 2. The highest BCUT2D eigenvalue weighted by Gasteiger charge is 2.56. The highest BCUT2D eigenvalue weighted by molar-refractivity contribution is 6.18. The van der Waals surface area contributed by atoms with Gasteiger partial charge in [-0.25, -0.2) is 4.79 Å². The second-order valence-electron chi connectivity index (χ2n) is 5.61. The van der Waals surface area contributed by atoms with Crippen molar-refractivity contribution in [3.63, 3.8) is 0 Å². The molecule has 1 unspecified atom stereocenters. The van der Waals surface area contributed by atoms with E-state index in [0.717, 1.165) is 12.0 Å². The predicted octanol–water partition coefficient (Wildman–Crippen LogP) is 2.84. The van der Waals surface area contributed by atoms with Crippen LogP contribution in [0.3, 0.4) is 0 Å². The van der Waals surface area contributed by atoms with Crippen LogP contribution in [0, 0.1) is 11.8 Å². The molecule has 5 heteroatoms. The van der Waals surface area contributed by atoms with Gasteiger partial charge >= 0.3 is 6.09 Å². The third kappa shape index (κ3) is 2.64. The van der Waals surface area contributed by atoms with Gasteiger partial charge in [-0.2, -0.15) is 0 Å². The molecule has 1 aliphatic carbocycles. The van der Waals surface area contributed by atoms with E-state index < -0.39 is 0 Å². The summed E-state index contributed by atoms with van der Waals surface area (Å²) in [5.41, 5.74) is 0.962. The molecule has 0 bridgehead atoms. The molecule has 1 aromatic rings. The molecule has 0 spiro atoms. The zero-order valence-electron chi connectivity index (χ0n) is 11.7. The summed E-state index contributed by atoms with van der Waals surface area (Å²) < 4.78 is 5.37. The maximum Gasteiger partial charge on any atom is 0.410 e. The van der Waals surface area contributed by atoms with Crippen LogP contribution in [-0.4, -0.2) is 35.2 Å². The van der Waals surface area contributed by atoms with E-state index >= 15 is 0 Å². The van der Waals surface area contributed by atoms with Crippen LogP contribution < -0.4 is 0 Å². The molecule has 21 heavy (non-hydrogen) atoms. The quantitative estimate of drug-likeness (QED) is 0.804. The van der Waals surface area contributed by atoms with Crippen LogP contribution in [0.5, 0.6) is 0 Å². The number of ketones is 1. The Morgan fingerprint density at radius 1 is 1.33 bits per heavy atom. The Kier molecular flexibility index (Phi) is 4.15. The molecule has 2 aliphatic rings. The van der Waals surface area contributed by atoms with Crippen molar-refractivity contribution in [1.29, 1.82) is 0 Å². The Morgan fingerprint density at radius 3 is 2.81 bits per heavy atom. The second-order valence-corrected chi connectivity index (χ2v) is 5.98. The maximum atomic E-state index is 12.2. The van der Waals surface area contributed by atoms with Crippen LogP contribution in [-0.2, 0) is 16.1 Å². The summed E-state index contributed by atoms with van der Waals surface area (Å²) >= 11 is 5.75. The lowest BCUT2D eigenvalue weighted by Crippen LogP contribution is -2.56. The molecule has 2 fully saturated rings.